The second-order valence-electron chi connectivity index (χ2n) is 9.11. The monoisotopic (exact) mass is 529 g/mol. The molecule has 0 unspecified atom stereocenters. The van der Waals surface area contributed by atoms with Gasteiger partial charge in [0.1, 0.15) is 11.5 Å². The Morgan fingerprint density at radius 2 is 1.51 bits per heavy atom. The molecular weight excluding hydrogens is 498 g/mol. The molecule has 202 valence electrons. The van der Waals surface area contributed by atoms with Gasteiger partial charge < -0.3 is 24.3 Å². The van der Waals surface area contributed by atoms with Gasteiger partial charge in [0, 0.05) is 0 Å². The average Bonchev–Trinajstić information content (AvgIpc) is 3.38. The van der Waals surface area contributed by atoms with E-state index >= 15 is 0 Å². The lowest BCUT2D eigenvalue weighted by atomic mass is 9.93. The van der Waals surface area contributed by atoms with E-state index < -0.39 is 0 Å². The number of nitrogens with zero attached hydrogens (tertiary/aromatic N) is 3. The standard InChI is InChI=1S/C29H31N5O5/c1-36-21-10-6-19(7-11-21)23-17-24(20-8-12-22(37-2)13-9-20)34-29(30-23)32-28(33-34)31-27(35)16-18-5-14-25(38-3)26(15-18)39-4/h5-15,23-24H,16-17H2,1-4H3,(H2,30,31,32,33,35)/t23-,24-/m1/s1. The Morgan fingerprint density at radius 3 is 2.13 bits per heavy atom. The van der Waals surface area contributed by atoms with Gasteiger partial charge in [-0.25, -0.2) is 4.68 Å². The molecule has 5 rings (SSSR count). The summed E-state index contributed by atoms with van der Waals surface area (Å²) < 4.78 is 23.1. The zero-order valence-corrected chi connectivity index (χ0v) is 22.3. The van der Waals surface area contributed by atoms with Crippen LogP contribution in [0.2, 0.25) is 0 Å². The summed E-state index contributed by atoms with van der Waals surface area (Å²) >= 11 is 0. The predicted molar refractivity (Wildman–Crippen MR) is 147 cm³/mol. The molecule has 2 atom stereocenters. The second-order valence-corrected chi connectivity index (χ2v) is 9.11. The SMILES string of the molecule is COc1ccc([C@H]2C[C@H](c3ccc(OC)cc3)Nc3nc(NC(=O)Cc4ccc(OC)c(OC)c4)nn32)cc1. The van der Waals surface area contributed by atoms with E-state index in [9.17, 15) is 4.79 Å². The first kappa shape index (κ1) is 25.9. The fourth-order valence-electron chi connectivity index (χ4n) is 4.73. The number of nitrogens with one attached hydrogen (secondary N) is 2. The molecule has 1 aliphatic rings. The molecule has 0 aliphatic carbocycles. The van der Waals surface area contributed by atoms with Gasteiger partial charge >= 0.3 is 0 Å². The van der Waals surface area contributed by atoms with Crippen molar-refractivity contribution in [1.82, 2.24) is 14.8 Å². The van der Waals surface area contributed by atoms with Crippen molar-refractivity contribution in [2.24, 2.45) is 0 Å². The topological polar surface area (TPSA) is 109 Å². The highest BCUT2D eigenvalue weighted by Gasteiger charge is 2.31. The van der Waals surface area contributed by atoms with Gasteiger partial charge in [0.2, 0.25) is 11.9 Å². The molecule has 10 heteroatoms. The number of aromatic nitrogens is 3. The molecule has 0 saturated heterocycles. The molecule has 0 bridgehead atoms. The Kier molecular flexibility index (Phi) is 7.53. The maximum atomic E-state index is 12.9. The third-order valence-electron chi connectivity index (χ3n) is 6.77. The van der Waals surface area contributed by atoms with E-state index in [1.807, 2.05) is 59.3 Å². The van der Waals surface area contributed by atoms with Crippen LogP contribution in [0.4, 0.5) is 11.9 Å². The first-order chi connectivity index (χ1) is 19.0. The van der Waals surface area contributed by atoms with Crippen LogP contribution < -0.4 is 29.6 Å². The summed E-state index contributed by atoms with van der Waals surface area (Å²) in [6.07, 6.45) is 0.863. The maximum absolute atomic E-state index is 12.9. The molecule has 4 aromatic rings. The highest BCUT2D eigenvalue weighted by molar-refractivity contribution is 5.90. The summed E-state index contributed by atoms with van der Waals surface area (Å²) in [7, 11) is 6.43. The fourth-order valence-corrected chi connectivity index (χ4v) is 4.73. The number of hydrogen-bond donors (Lipinski definition) is 2. The maximum Gasteiger partial charge on any atom is 0.250 e. The number of anilines is 2. The van der Waals surface area contributed by atoms with Crippen molar-refractivity contribution in [2.45, 2.75) is 24.9 Å². The number of hydrogen-bond acceptors (Lipinski definition) is 8. The van der Waals surface area contributed by atoms with Crippen molar-refractivity contribution in [3.63, 3.8) is 0 Å². The fraction of sp³-hybridized carbons (Fsp3) is 0.276. The summed E-state index contributed by atoms with van der Waals surface area (Å²) in [6.45, 7) is 0. The predicted octanol–water partition coefficient (Wildman–Crippen LogP) is 4.64. The molecule has 0 radical (unpaired) electrons. The van der Waals surface area contributed by atoms with Gasteiger partial charge in [0.25, 0.3) is 5.95 Å². The molecule has 0 saturated carbocycles. The van der Waals surface area contributed by atoms with Crippen molar-refractivity contribution in [2.75, 3.05) is 39.1 Å². The first-order valence-electron chi connectivity index (χ1n) is 12.5. The number of carbonyl (C=O) groups is 1. The summed E-state index contributed by atoms with van der Waals surface area (Å²) in [5.41, 5.74) is 2.94. The quantitative estimate of drug-likeness (QED) is 0.323. The minimum atomic E-state index is -0.238. The van der Waals surface area contributed by atoms with Crippen molar-refractivity contribution in [3.8, 4) is 23.0 Å². The van der Waals surface area contributed by atoms with Crippen molar-refractivity contribution in [1.29, 1.82) is 0 Å². The summed E-state index contributed by atoms with van der Waals surface area (Å²) in [4.78, 5) is 17.5. The van der Waals surface area contributed by atoms with Crippen molar-refractivity contribution >= 4 is 17.8 Å². The number of carbonyl (C=O) groups excluding carboxylic acids is 1. The van der Waals surface area contributed by atoms with E-state index in [1.165, 1.54) is 0 Å². The smallest absolute Gasteiger partial charge is 0.250 e. The third kappa shape index (κ3) is 5.59. The van der Waals surface area contributed by atoms with Gasteiger partial charge in [0.05, 0.1) is 46.9 Å². The summed E-state index contributed by atoms with van der Waals surface area (Å²) in [6, 6.07) is 21.1. The Labute approximate surface area is 226 Å². The molecule has 0 fully saturated rings. The molecular formula is C29H31N5O5. The zero-order chi connectivity index (χ0) is 27.4. The Morgan fingerprint density at radius 1 is 0.872 bits per heavy atom. The number of benzene rings is 3. The van der Waals surface area contributed by atoms with Crippen LogP contribution >= 0.6 is 0 Å². The van der Waals surface area contributed by atoms with E-state index in [4.69, 9.17) is 18.9 Å². The number of rotatable bonds is 9. The highest BCUT2D eigenvalue weighted by Crippen LogP contribution is 2.39. The van der Waals surface area contributed by atoms with Crippen LogP contribution in [0.3, 0.4) is 0 Å². The van der Waals surface area contributed by atoms with Crippen molar-refractivity contribution in [3.05, 3.63) is 83.4 Å². The molecule has 2 N–H and O–H groups in total. The van der Waals surface area contributed by atoms with Gasteiger partial charge in [0.15, 0.2) is 11.5 Å². The summed E-state index contributed by atoms with van der Waals surface area (Å²) in [5, 5.41) is 11.0. The van der Waals surface area contributed by atoms with Gasteiger partial charge in [-0.05, 0) is 59.5 Å². The Hall–Kier alpha value is -4.73. The van der Waals surface area contributed by atoms with Gasteiger partial charge in [-0.3, -0.25) is 10.1 Å². The molecule has 3 aromatic carbocycles. The van der Waals surface area contributed by atoms with Gasteiger partial charge in [-0.1, -0.05) is 30.3 Å². The van der Waals surface area contributed by atoms with Crippen LogP contribution in [0.15, 0.2) is 66.7 Å². The molecule has 1 amide bonds. The molecule has 10 nitrogen and oxygen atoms in total. The van der Waals surface area contributed by atoms with Crippen LogP contribution in [-0.4, -0.2) is 49.1 Å². The number of amides is 1. The van der Waals surface area contributed by atoms with Crippen LogP contribution in [0.5, 0.6) is 23.0 Å². The van der Waals surface area contributed by atoms with E-state index in [0.29, 0.717) is 17.4 Å². The number of ether oxygens (including phenoxy) is 4. The average molecular weight is 530 g/mol. The van der Waals surface area contributed by atoms with E-state index in [-0.39, 0.29) is 30.4 Å². The van der Waals surface area contributed by atoms with Gasteiger partial charge in [-0.15, -0.1) is 5.10 Å². The largest absolute Gasteiger partial charge is 0.497 e. The van der Waals surface area contributed by atoms with Crippen LogP contribution in [-0.2, 0) is 11.2 Å². The van der Waals surface area contributed by atoms with Gasteiger partial charge in [-0.2, -0.15) is 4.98 Å². The zero-order valence-electron chi connectivity index (χ0n) is 22.3. The Bertz CT molecular complexity index is 1440. The Balaban J connectivity index is 1.40. The van der Waals surface area contributed by atoms with Crippen LogP contribution in [0, 0.1) is 0 Å². The lowest BCUT2D eigenvalue weighted by Gasteiger charge is -2.31. The molecule has 0 spiro atoms. The van der Waals surface area contributed by atoms with E-state index in [2.05, 4.69) is 20.7 Å². The van der Waals surface area contributed by atoms with E-state index in [0.717, 1.165) is 34.6 Å². The van der Waals surface area contributed by atoms with Crippen LogP contribution in [0.25, 0.3) is 0 Å². The molecule has 2 heterocycles. The van der Waals surface area contributed by atoms with Crippen LogP contribution in [0.1, 0.15) is 35.2 Å². The molecule has 1 aromatic heterocycles. The lowest BCUT2D eigenvalue weighted by Crippen LogP contribution is -2.28. The summed E-state index contributed by atoms with van der Waals surface area (Å²) in [5.74, 6) is 3.31. The molecule has 39 heavy (non-hydrogen) atoms. The minimum absolute atomic E-state index is 0.0185. The third-order valence-corrected chi connectivity index (χ3v) is 6.77. The number of methoxy groups -OCH3 is 4. The van der Waals surface area contributed by atoms with E-state index in [1.54, 1.807) is 40.6 Å². The first-order valence-corrected chi connectivity index (χ1v) is 12.5. The highest BCUT2D eigenvalue weighted by atomic mass is 16.5. The lowest BCUT2D eigenvalue weighted by molar-refractivity contribution is -0.115. The molecule has 1 aliphatic heterocycles. The minimum Gasteiger partial charge on any atom is -0.497 e. The number of fused-ring (bicyclic) bond motifs is 1. The van der Waals surface area contributed by atoms with Crippen molar-refractivity contribution < 1.29 is 23.7 Å². The second kappa shape index (κ2) is 11.3. The normalized spacial score (nSPS) is 16.0.